The molecule has 0 aliphatic heterocycles. The maximum Gasteiger partial charge on any atom is 0.292 e. The zero-order valence-electron chi connectivity index (χ0n) is 11.6. The first-order chi connectivity index (χ1) is 9.47. The molecule has 0 aliphatic carbocycles. The van der Waals surface area contributed by atoms with Crippen molar-refractivity contribution in [3.05, 3.63) is 47.8 Å². The average molecular weight is 280 g/mol. The van der Waals surface area contributed by atoms with Gasteiger partial charge in [0.2, 0.25) is 0 Å². The Balaban J connectivity index is 2.03. The van der Waals surface area contributed by atoms with Gasteiger partial charge in [-0.1, -0.05) is 49.4 Å². The Labute approximate surface area is 116 Å². The Morgan fingerprint density at radius 3 is 2.60 bits per heavy atom. The summed E-state index contributed by atoms with van der Waals surface area (Å²) in [7, 11) is 0. The van der Waals surface area contributed by atoms with Crippen LogP contribution in [0.1, 0.15) is 25.1 Å². The molecule has 0 atom stereocenters. The predicted molar refractivity (Wildman–Crippen MR) is 72.3 cm³/mol. The molecule has 2 rings (SSSR count). The first kappa shape index (κ1) is 14.6. The van der Waals surface area contributed by atoms with Crippen molar-refractivity contribution >= 4 is 0 Å². The van der Waals surface area contributed by atoms with Gasteiger partial charge in [-0.05, 0) is 0 Å². The smallest absolute Gasteiger partial charge is 0.292 e. The van der Waals surface area contributed by atoms with Gasteiger partial charge in [0.1, 0.15) is 6.54 Å². The highest BCUT2D eigenvalue weighted by Gasteiger charge is 2.32. The van der Waals surface area contributed by atoms with Crippen LogP contribution in [0, 0.1) is 0 Å². The molecule has 1 aromatic carbocycles. The minimum Gasteiger partial charge on any atom is -0.309 e. The third-order valence-electron chi connectivity index (χ3n) is 2.83. The van der Waals surface area contributed by atoms with Crippen molar-refractivity contribution in [1.29, 1.82) is 0 Å². The minimum atomic E-state index is -2.96. The van der Waals surface area contributed by atoms with Crippen molar-refractivity contribution in [1.82, 2.24) is 20.3 Å². The van der Waals surface area contributed by atoms with Crippen LogP contribution >= 0.6 is 0 Å². The molecule has 6 heteroatoms. The van der Waals surface area contributed by atoms with Crippen LogP contribution in [0.3, 0.4) is 0 Å². The van der Waals surface area contributed by atoms with Gasteiger partial charge in [0.15, 0.2) is 0 Å². The summed E-state index contributed by atoms with van der Waals surface area (Å²) in [5.74, 6) is -2.96. The summed E-state index contributed by atoms with van der Waals surface area (Å²) in [5.41, 5.74) is 0.639. The third kappa shape index (κ3) is 3.84. The van der Waals surface area contributed by atoms with Crippen LogP contribution in [0.5, 0.6) is 0 Å². The van der Waals surface area contributed by atoms with E-state index in [4.69, 9.17) is 0 Å². The van der Waals surface area contributed by atoms with E-state index in [1.165, 1.54) is 16.8 Å². The van der Waals surface area contributed by atoms with E-state index >= 15 is 0 Å². The second-order valence-electron chi connectivity index (χ2n) is 5.01. The molecule has 0 unspecified atom stereocenters. The summed E-state index contributed by atoms with van der Waals surface area (Å²) in [6, 6.07) is 8.05. The number of alkyl halides is 2. The number of rotatable bonds is 6. The third-order valence-corrected chi connectivity index (χ3v) is 2.83. The van der Waals surface area contributed by atoms with Gasteiger partial charge in [-0.15, -0.1) is 5.10 Å². The molecule has 0 spiro atoms. The summed E-state index contributed by atoms with van der Waals surface area (Å²) in [6.07, 6.45) is 1.55. The van der Waals surface area contributed by atoms with E-state index in [0.717, 1.165) is 0 Å². The topological polar surface area (TPSA) is 42.7 Å². The average Bonchev–Trinajstić information content (AvgIpc) is 2.84. The van der Waals surface area contributed by atoms with E-state index in [0.29, 0.717) is 18.3 Å². The van der Waals surface area contributed by atoms with Gasteiger partial charge in [-0.3, -0.25) is 0 Å². The van der Waals surface area contributed by atoms with Crippen LogP contribution in [-0.2, 0) is 19.0 Å². The van der Waals surface area contributed by atoms with Crippen molar-refractivity contribution in [2.24, 2.45) is 0 Å². The van der Waals surface area contributed by atoms with E-state index in [9.17, 15) is 8.78 Å². The minimum absolute atomic E-state index is 0.0163. The molecule has 108 valence electrons. The predicted octanol–water partition coefficient (Wildman–Crippen LogP) is 2.57. The van der Waals surface area contributed by atoms with Crippen LogP contribution in [-0.4, -0.2) is 21.0 Å². The van der Waals surface area contributed by atoms with Gasteiger partial charge < -0.3 is 5.32 Å². The van der Waals surface area contributed by atoms with Gasteiger partial charge in [-0.25, -0.2) is 4.68 Å². The normalized spacial score (nSPS) is 12.1. The lowest BCUT2D eigenvalue weighted by Crippen LogP contribution is -2.22. The number of halogens is 2. The van der Waals surface area contributed by atoms with E-state index < -0.39 is 12.5 Å². The standard InChI is InChI=1S/C14H18F2N4/c1-11(2)17-8-13-9-20(19-18-13)10-14(15,16)12-6-4-3-5-7-12/h3-7,9,11,17H,8,10H2,1-2H3. The maximum absolute atomic E-state index is 14.1. The highest BCUT2D eigenvalue weighted by atomic mass is 19.3. The van der Waals surface area contributed by atoms with Crippen molar-refractivity contribution in [2.75, 3.05) is 0 Å². The van der Waals surface area contributed by atoms with Gasteiger partial charge in [0.05, 0.1) is 11.9 Å². The van der Waals surface area contributed by atoms with Crippen molar-refractivity contribution in [3.63, 3.8) is 0 Å². The molecule has 0 aliphatic rings. The van der Waals surface area contributed by atoms with Crippen LogP contribution in [0.4, 0.5) is 8.78 Å². The first-order valence-electron chi connectivity index (χ1n) is 6.53. The molecule has 0 saturated heterocycles. The Kier molecular flexibility index (Phi) is 4.44. The van der Waals surface area contributed by atoms with E-state index in [1.54, 1.807) is 24.4 Å². The molecule has 2 aromatic rings. The van der Waals surface area contributed by atoms with Crippen molar-refractivity contribution in [3.8, 4) is 0 Å². The van der Waals surface area contributed by atoms with E-state index in [2.05, 4.69) is 15.6 Å². The molecule has 0 bridgehead atoms. The number of hydrogen-bond acceptors (Lipinski definition) is 3. The lowest BCUT2D eigenvalue weighted by molar-refractivity contribution is -0.0258. The quantitative estimate of drug-likeness (QED) is 0.884. The van der Waals surface area contributed by atoms with Gasteiger partial charge >= 0.3 is 0 Å². The molecule has 1 heterocycles. The van der Waals surface area contributed by atoms with E-state index in [-0.39, 0.29) is 5.56 Å². The number of benzene rings is 1. The highest BCUT2D eigenvalue weighted by molar-refractivity contribution is 5.19. The highest BCUT2D eigenvalue weighted by Crippen LogP contribution is 2.29. The lowest BCUT2D eigenvalue weighted by Gasteiger charge is -2.16. The van der Waals surface area contributed by atoms with Crippen LogP contribution < -0.4 is 5.32 Å². The molecule has 0 fully saturated rings. The van der Waals surface area contributed by atoms with Crippen LogP contribution in [0.2, 0.25) is 0 Å². The summed E-state index contributed by atoms with van der Waals surface area (Å²) in [4.78, 5) is 0. The molecule has 4 nitrogen and oxygen atoms in total. The SMILES string of the molecule is CC(C)NCc1cn(CC(F)(F)c2ccccc2)nn1. The molecule has 0 radical (unpaired) electrons. The Bertz CT molecular complexity index is 537. The monoisotopic (exact) mass is 280 g/mol. The molecule has 20 heavy (non-hydrogen) atoms. The zero-order valence-corrected chi connectivity index (χ0v) is 11.6. The fraction of sp³-hybridized carbons (Fsp3) is 0.429. The number of nitrogens with zero attached hydrogens (tertiary/aromatic N) is 3. The molecular formula is C14H18F2N4. The molecule has 0 amide bonds. The van der Waals surface area contributed by atoms with Crippen LogP contribution in [0.15, 0.2) is 36.5 Å². The number of nitrogens with one attached hydrogen (secondary N) is 1. The first-order valence-corrected chi connectivity index (χ1v) is 6.53. The Hall–Kier alpha value is -1.82. The lowest BCUT2D eigenvalue weighted by atomic mass is 10.1. The molecular weight excluding hydrogens is 262 g/mol. The molecule has 1 aromatic heterocycles. The fourth-order valence-corrected chi connectivity index (χ4v) is 1.78. The fourth-order valence-electron chi connectivity index (χ4n) is 1.78. The number of aromatic nitrogens is 3. The molecule has 1 N–H and O–H groups in total. The number of hydrogen-bond donors (Lipinski definition) is 1. The second kappa shape index (κ2) is 6.09. The molecule has 0 saturated carbocycles. The van der Waals surface area contributed by atoms with Crippen LogP contribution in [0.25, 0.3) is 0 Å². The Morgan fingerprint density at radius 2 is 1.95 bits per heavy atom. The van der Waals surface area contributed by atoms with E-state index in [1.807, 2.05) is 13.8 Å². The summed E-state index contributed by atoms with van der Waals surface area (Å²) in [5, 5.41) is 10.8. The summed E-state index contributed by atoms with van der Waals surface area (Å²) in [6.45, 7) is 4.03. The van der Waals surface area contributed by atoms with Gasteiger partial charge in [-0.2, -0.15) is 8.78 Å². The summed E-state index contributed by atoms with van der Waals surface area (Å²) >= 11 is 0. The Morgan fingerprint density at radius 1 is 1.25 bits per heavy atom. The second-order valence-corrected chi connectivity index (χ2v) is 5.01. The zero-order chi connectivity index (χ0) is 14.6. The largest absolute Gasteiger partial charge is 0.309 e. The van der Waals surface area contributed by atoms with Crippen molar-refractivity contribution < 1.29 is 8.78 Å². The van der Waals surface area contributed by atoms with Crippen molar-refractivity contribution in [2.45, 2.75) is 38.9 Å². The van der Waals surface area contributed by atoms with Gasteiger partial charge in [0.25, 0.3) is 5.92 Å². The van der Waals surface area contributed by atoms with Gasteiger partial charge in [0, 0.05) is 18.2 Å². The summed E-state index contributed by atoms with van der Waals surface area (Å²) < 4.78 is 29.3. The maximum atomic E-state index is 14.1.